The molecule has 0 N–H and O–H groups in total. The van der Waals surface area contributed by atoms with E-state index in [1.54, 1.807) is 12.1 Å². The molecule has 1 aliphatic rings. The molecule has 0 spiro atoms. The topological polar surface area (TPSA) is 75.5 Å². The van der Waals surface area contributed by atoms with E-state index in [2.05, 4.69) is 11.5 Å². The smallest absolute Gasteiger partial charge is 0.243 e. The SMILES string of the molecule is CCCn1c(CCC(=O)N(C)C2CCCCC2)nc2cc(S(=O)(=O)N(CC)CC)ccc21. The van der Waals surface area contributed by atoms with E-state index >= 15 is 0 Å². The Morgan fingerprint density at radius 3 is 2.44 bits per heavy atom. The maximum atomic E-state index is 12.9. The summed E-state index contributed by atoms with van der Waals surface area (Å²) in [5.74, 6) is 1.02. The van der Waals surface area contributed by atoms with E-state index in [9.17, 15) is 13.2 Å². The summed E-state index contributed by atoms with van der Waals surface area (Å²) in [5.41, 5.74) is 1.60. The quantitative estimate of drug-likeness (QED) is 0.530. The molecule has 0 unspecified atom stereocenters. The molecule has 7 nitrogen and oxygen atoms in total. The summed E-state index contributed by atoms with van der Waals surface area (Å²) in [6.07, 6.45) is 7.79. The summed E-state index contributed by atoms with van der Waals surface area (Å²) < 4.78 is 29.5. The number of carbonyl (C=O) groups is 1. The van der Waals surface area contributed by atoms with Crippen LogP contribution in [0.3, 0.4) is 0 Å². The van der Waals surface area contributed by atoms with E-state index < -0.39 is 10.0 Å². The number of rotatable bonds is 10. The Kier molecular flexibility index (Phi) is 8.33. The van der Waals surface area contributed by atoms with E-state index in [1.807, 2.05) is 31.9 Å². The number of sulfonamides is 1. The molecular formula is C24H38N4O3S. The number of aryl methyl sites for hydroxylation is 2. The van der Waals surface area contributed by atoms with E-state index in [-0.39, 0.29) is 10.8 Å². The summed E-state index contributed by atoms with van der Waals surface area (Å²) in [6.45, 7) is 7.45. The highest BCUT2D eigenvalue weighted by atomic mass is 32.2. The first-order valence-electron chi connectivity index (χ1n) is 12.1. The molecule has 0 aliphatic heterocycles. The van der Waals surface area contributed by atoms with Gasteiger partial charge in [-0.3, -0.25) is 4.79 Å². The molecule has 0 radical (unpaired) electrons. The summed E-state index contributed by atoms with van der Waals surface area (Å²) in [7, 11) is -1.61. The molecule has 32 heavy (non-hydrogen) atoms. The van der Waals surface area contributed by atoms with Crippen molar-refractivity contribution in [3.63, 3.8) is 0 Å². The molecule has 1 aliphatic carbocycles. The van der Waals surface area contributed by atoms with Gasteiger partial charge in [-0.25, -0.2) is 13.4 Å². The number of imidazole rings is 1. The Bertz CT molecular complexity index is 1020. The predicted molar refractivity (Wildman–Crippen MR) is 128 cm³/mol. The van der Waals surface area contributed by atoms with Gasteiger partial charge in [0, 0.05) is 45.6 Å². The number of carbonyl (C=O) groups excluding carboxylic acids is 1. The van der Waals surface area contributed by atoms with Gasteiger partial charge in [-0.15, -0.1) is 0 Å². The number of amides is 1. The molecule has 0 atom stereocenters. The lowest BCUT2D eigenvalue weighted by Crippen LogP contribution is -2.38. The van der Waals surface area contributed by atoms with Crippen molar-refractivity contribution >= 4 is 27.0 Å². The Morgan fingerprint density at radius 1 is 1.12 bits per heavy atom. The molecule has 2 aromatic rings. The van der Waals surface area contributed by atoms with E-state index in [0.717, 1.165) is 37.1 Å². The van der Waals surface area contributed by atoms with Crippen molar-refractivity contribution in [3.05, 3.63) is 24.0 Å². The maximum absolute atomic E-state index is 12.9. The van der Waals surface area contributed by atoms with Gasteiger partial charge < -0.3 is 9.47 Å². The fourth-order valence-corrected chi connectivity index (χ4v) is 6.24. The first kappa shape index (κ1) is 24.7. The minimum atomic E-state index is -3.53. The van der Waals surface area contributed by atoms with Crippen molar-refractivity contribution in [2.45, 2.75) is 89.6 Å². The van der Waals surface area contributed by atoms with Gasteiger partial charge in [0.1, 0.15) is 5.82 Å². The third-order valence-corrected chi connectivity index (χ3v) is 8.71. The first-order valence-corrected chi connectivity index (χ1v) is 13.5. The van der Waals surface area contributed by atoms with Crippen LogP contribution < -0.4 is 0 Å². The average molecular weight is 463 g/mol. The van der Waals surface area contributed by atoms with E-state index in [0.29, 0.717) is 37.5 Å². The Labute approximate surface area is 192 Å². The Balaban J connectivity index is 1.83. The second kappa shape index (κ2) is 10.8. The highest BCUT2D eigenvalue weighted by molar-refractivity contribution is 7.89. The van der Waals surface area contributed by atoms with Crippen molar-refractivity contribution in [3.8, 4) is 0 Å². The minimum Gasteiger partial charge on any atom is -0.343 e. The van der Waals surface area contributed by atoms with Gasteiger partial charge in [0.25, 0.3) is 0 Å². The van der Waals surface area contributed by atoms with Crippen LogP contribution in [0.5, 0.6) is 0 Å². The van der Waals surface area contributed by atoms with Crippen LogP contribution in [-0.2, 0) is 27.8 Å². The largest absolute Gasteiger partial charge is 0.343 e. The van der Waals surface area contributed by atoms with Crippen LogP contribution in [0.15, 0.2) is 23.1 Å². The lowest BCUT2D eigenvalue weighted by molar-refractivity contribution is -0.132. The molecule has 8 heteroatoms. The van der Waals surface area contributed by atoms with Crippen LogP contribution in [0.4, 0.5) is 0 Å². The Morgan fingerprint density at radius 2 is 1.81 bits per heavy atom. The number of nitrogens with zero attached hydrogens (tertiary/aromatic N) is 4. The Hall–Kier alpha value is -1.93. The van der Waals surface area contributed by atoms with Crippen LogP contribution in [0.25, 0.3) is 11.0 Å². The van der Waals surface area contributed by atoms with Crippen molar-refractivity contribution in [1.29, 1.82) is 0 Å². The number of hydrogen-bond donors (Lipinski definition) is 0. The predicted octanol–water partition coefficient (Wildman–Crippen LogP) is 4.20. The van der Waals surface area contributed by atoms with Gasteiger partial charge in [0.05, 0.1) is 15.9 Å². The third kappa shape index (κ3) is 5.17. The second-order valence-corrected chi connectivity index (χ2v) is 10.7. The average Bonchev–Trinajstić information content (AvgIpc) is 3.15. The van der Waals surface area contributed by atoms with Gasteiger partial charge in [-0.2, -0.15) is 4.31 Å². The fourth-order valence-electron chi connectivity index (χ4n) is 4.76. The fraction of sp³-hybridized carbons (Fsp3) is 0.667. The van der Waals surface area contributed by atoms with Gasteiger partial charge >= 0.3 is 0 Å². The zero-order valence-corrected chi connectivity index (χ0v) is 20.8. The molecule has 1 amide bonds. The normalized spacial score (nSPS) is 15.5. The van der Waals surface area contributed by atoms with Crippen LogP contribution in [0.1, 0.15) is 71.5 Å². The van der Waals surface area contributed by atoms with Crippen molar-refractivity contribution in [1.82, 2.24) is 18.8 Å². The standard InChI is InChI=1S/C24H38N4O3S/c1-5-17-28-22-14-13-20(32(30,31)27(6-2)7-3)18-21(22)25-23(28)15-16-24(29)26(4)19-11-9-8-10-12-19/h13-14,18-19H,5-12,15-17H2,1-4H3. The molecular weight excluding hydrogens is 424 g/mol. The number of aromatic nitrogens is 2. The van der Waals surface area contributed by atoms with Gasteiger partial charge in [-0.1, -0.05) is 40.0 Å². The number of fused-ring (bicyclic) bond motifs is 1. The first-order chi connectivity index (χ1) is 15.3. The summed E-state index contributed by atoms with van der Waals surface area (Å²) >= 11 is 0. The monoisotopic (exact) mass is 462 g/mol. The van der Waals surface area contributed by atoms with Gasteiger partial charge in [-0.05, 0) is 37.5 Å². The molecule has 1 fully saturated rings. The van der Waals surface area contributed by atoms with Crippen LogP contribution in [0.2, 0.25) is 0 Å². The van der Waals surface area contributed by atoms with Crippen molar-refractivity contribution in [2.75, 3.05) is 20.1 Å². The lowest BCUT2D eigenvalue weighted by Gasteiger charge is -2.31. The summed E-state index contributed by atoms with van der Waals surface area (Å²) in [6, 6.07) is 5.57. The molecule has 0 bridgehead atoms. The zero-order valence-electron chi connectivity index (χ0n) is 20.0. The third-order valence-electron chi connectivity index (χ3n) is 6.67. The van der Waals surface area contributed by atoms with Gasteiger partial charge in [0.2, 0.25) is 15.9 Å². The minimum absolute atomic E-state index is 0.164. The second-order valence-electron chi connectivity index (χ2n) is 8.72. The summed E-state index contributed by atoms with van der Waals surface area (Å²) in [4.78, 5) is 19.8. The van der Waals surface area contributed by atoms with Gasteiger partial charge in [0.15, 0.2) is 0 Å². The van der Waals surface area contributed by atoms with E-state index in [4.69, 9.17) is 4.98 Å². The highest BCUT2D eigenvalue weighted by Crippen LogP contribution is 2.25. The van der Waals surface area contributed by atoms with Crippen LogP contribution in [-0.4, -0.2) is 59.3 Å². The number of hydrogen-bond acceptors (Lipinski definition) is 4. The van der Waals surface area contributed by atoms with E-state index in [1.165, 1.54) is 23.6 Å². The van der Waals surface area contributed by atoms with Crippen molar-refractivity contribution < 1.29 is 13.2 Å². The molecule has 178 valence electrons. The number of benzene rings is 1. The van der Waals surface area contributed by atoms with Crippen LogP contribution in [0, 0.1) is 0 Å². The van der Waals surface area contributed by atoms with Crippen molar-refractivity contribution in [2.24, 2.45) is 0 Å². The maximum Gasteiger partial charge on any atom is 0.243 e. The molecule has 1 saturated carbocycles. The lowest BCUT2D eigenvalue weighted by atomic mass is 9.94. The molecule has 3 rings (SSSR count). The van der Waals surface area contributed by atoms with Crippen LogP contribution >= 0.6 is 0 Å². The molecule has 1 heterocycles. The highest BCUT2D eigenvalue weighted by Gasteiger charge is 2.24. The molecule has 0 saturated heterocycles. The molecule has 1 aromatic heterocycles. The zero-order chi connectivity index (χ0) is 23.3. The summed E-state index contributed by atoms with van der Waals surface area (Å²) in [5, 5.41) is 0. The molecule has 1 aromatic carbocycles.